The van der Waals surface area contributed by atoms with E-state index in [2.05, 4.69) is 34.6 Å². The van der Waals surface area contributed by atoms with Crippen LogP contribution in [0, 0.1) is 5.92 Å². The summed E-state index contributed by atoms with van der Waals surface area (Å²) in [6.07, 6.45) is 8.59. The van der Waals surface area contributed by atoms with Crippen LogP contribution in [0.1, 0.15) is 31.2 Å². The molecule has 116 valence electrons. The predicted octanol–water partition coefficient (Wildman–Crippen LogP) is 4.40. The molecule has 0 aliphatic carbocycles. The summed E-state index contributed by atoms with van der Waals surface area (Å²) in [5.41, 5.74) is 2.48. The molecule has 1 aromatic carbocycles. The number of benzene rings is 1. The second-order valence-electron chi connectivity index (χ2n) is 5.62. The smallest absolute Gasteiger partial charge is 0.0702 e. The zero-order valence-corrected chi connectivity index (χ0v) is 13.9. The molecule has 2 heterocycles. The van der Waals surface area contributed by atoms with Crippen LogP contribution in [-0.2, 0) is 6.42 Å². The molecule has 0 atom stereocenters. The minimum Gasteiger partial charge on any atom is -0.317 e. The van der Waals surface area contributed by atoms with E-state index in [1.807, 2.05) is 12.3 Å². The highest BCUT2D eigenvalue weighted by Gasteiger charge is 2.12. The van der Waals surface area contributed by atoms with E-state index in [0.29, 0.717) is 0 Å². The Balaban J connectivity index is 0.00000110. The van der Waals surface area contributed by atoms with Crippen molar-refractivity contribution < 1.29 is 0 Å². The fourth-order valence-corrected chi connectivity index (χ4v) is 3.02. The molecular formula is C17H24Cl2N2. The van der Waals surface area contributed by atoms with Gasteiger partial charge in [0.1, 0.15) is 0 Å². The normalized spacial score (nSPS) is 15.2. The van der Waals surface area contributed by atoms with E-state index < -0.39 is 0 Å². The fourth-order valence-electron chi connectivity index (χ4n) is 3.02. The van der Waals surface area contributed by atoms with Crippen molar-refractivity contribution in [2.45, 2.75) is 32.1 Å². The number of halogens is 2. The molecule has 21 heavy (non-hydrogen) atoms. The molecule has 0 spiro atoms. The second kappa shape index (κ2) is 9.24. The van der Waals surface area contributed by atoms with E-state index in [0.717, 1.165) is 11.4 Å². The number of piperidine rings is 1. The zero-order valence-electron chi connectivity index (χ0n) is 12.3. The van der Waals surface area contributed by atoms with Gasteiger partial charge in [-0.25, -0.2) is 0 Å². The molecule has 2 aromatic rings. The Kier molecular flexibility index (Phi) is 8.02. The maximum absolute atomic E-state index is 4.54. The van der Waals surface area contributed by atoms with Crippen molar-refractivity contribution in [3.63, 3.8) is 0 Å². The number of nitrogens with one attached hydrogen (secondary N) is 1. The van der Waals surface area contributed by atoms with Gasteiger partial charge in [-0.3, -0.25) is 4.98 Å². The van der Waals surface area contributed by atoms with Crippen molar-refractivity contribution in [3.05, 3.63) is 42.1 Å². The van der Waals surface area contributed by atoms with Crippen LogP contribution in [0.25, 0.3) is 10.9 Å². The zero-order chi connectivity index (χ0) is 12.9. The lowest BCUT2D eigenvalue weighted by Gasteiger charge is -2.22. The lowest BCUT2D eigenvalue weighted by Crippen LogP contribution is -2.27. The van der Waals surface area contributed by atoms with Crippen molar-refractivity contribution in [1.82, 2.24) is 10.3 Å². The SMILES string of the molecule is Cl.Cl.c1ccc2ncc(CCCC3CCNCC3)cc2c1. The second-order valence-corrected chi connectivity index (χ2v) is 5.62. The minimum absolute atomic E-state index is 0. The van der Waals surface area contributed by atoms with E-state index in [9.17, 15) is 0 Å². The molecule has 0 amide bonds. The lowest BCUT2D eigenvalue weighted by molar-refractivity contribution is 0.347. The van der Waals surface area contributed by atoms with E-state index >= 15 is 0 Å². The van der Waals surface area contributed by atoms with Crippen LogP contribution in [0.15, 0.2) is 36.5 Å². The van der Waals surface area contributed by atoms with Gasteiger partial charge in [-0.1, -0.05) is 24.6 Å². The third-order valence-corrected chi connectivity index (χ3v) is 4.18. The first kappa shape index (κ1) is 18.2. The quantitative estimate of drug-likeness (QED) is 0.900. The molecule has 0 radical (unpaired) electrons. The summed E-state index contributed by atoms with van der Waals surface area (Å²) in [5, 5.41) is 4.70. The number of fused-ring (bicyclic) bond motifs is 1. The van der Waals surface area contributed by atoms with Crippen molar-refractivity contribution >= 4 is 35.7 Å². The van der Waals surface area contributed by atoms with Gasteiger partial charge < -0.3 is 5.32 Å². The first-order valence-electron chi connectivity index (χ1n) is 7.46. The Morgan fingerprint density at radius 1 is 1.10 bits per heavy atom. The van der Waals surface area contributed by atoms with E-state index in [4.69, 9.17) is 0 Å². The number of hydrogen-bond donors (Lipinski definition) is 1. The number of rotatable bonds is 4. The maximum Gasteiger partial charge on any atom is 0.0702 e. The van der Waals surface area contributed by atoms with Gasteiger partial charge in [-0.2, -0.15) is 0 Å². The van der Waals surface area contributed by atoms with Gasteiger partial charge in [-0.15, -0.1) is 24.8 Å². The highest BCUT2D eigenvalue weighted by atomic mass is 35.5. The summed E-state index contributed by atoms with van der Waals surface area (Å²) >= 11 is 0. The Morgan fingerprint density at radius 3 is 2.67 bits per heavy atom. The first-order chi connectivity index (χ1) is 9.42. The average Bonchev–Trinajstić information content (AvgIpc) is 2.48. The molecule has 1 aromatic heterocycles. The molecule has 1 aliphatic heterocycles. The largest absolute Gasteiger partial charge is 0.317 e. The van der Waals surface area contributed by atoms with Crippen LogP contribution in [0.4, 0.5) is 0 Å². The van der Waals surface area contributed by atoms with Crippen molar-refractivity contribution in [1.29, 1.82) is 0 Å². The van der Waals surface area contributed by atoms with Gasteiger partial charge in [0.05, 0.1) is 5.52 Å². The van der Waals surface area contributed by atoms with Gasteiger partial charge in [0.25, 0.3) is 0 Å². The topological polar surface area (TPSA) is 24.9 Å². The van der Waals surface area contributed by atoms with Gasteiger partial charge in [-0.05, 0) is 62.4 Å². The van der Waals surface area contributed by atoms with Crippen LogP contribution in [-0.4, -0.2) is 18.1 Å². The van der Waals surface area contributed by atoms with Crippen molar-refractivity contribution in [3.8, 4) is 0 Å². The lowest BCUT2D eigenvalue weighted by atomic mass is 9.92. The minimum atomic E-state index is 0. The highest BCUT2D eigenvalue weighted by Crippen LogP contribution is 2.20. The number of pyridine rings is 1. The summed E-state index contributed by atoms with van der Waals surface area (Å²) in [5.74, 6) is 0.940. The van der Waals surface area contributed by atoms with Crippen LogP contribution in [0.3, 0.4) is 0 Å². The van der Waals surface area contributed by atoms with E-state index in [1.165, 1.54) is 56.1 Å². The summed E-state index contributed by atoms with van der Waals surface area (Å²) in [4.78, 5) is 4.54. The fraction of sp³-hybridized carbons (Fsp3) is 0.471. The highest BCUT2D eigenvalue weighted by molar-refractivity contribution is 5.85. The number of hydrogen-bond acceptors (Lipinski definition) is 2. The van der Waals surface area contributed by atoms with E-state index in [1.54, 1.807) is 0 Å². The third kappa shape index (κ3) is 5.14. The molecule has 1 fully saturated rings. The van der Waals surface area contributed by atoms with Crippen LogP contribution in [0.5, 0.6) is 0 Å². The van der Waals surface area contributed by atoms with Gasteiger partial charge >= 0.3 is 0 Å². The summed E-state index contributed by atoms with van der Waals surface area (Å²) in [6.45, 7) is 2.42. The monoisotopic (exact) mass is 326 g/mol. The Hall–Kier alpha value is -0.830. The predicted molar refractivity (Wildman–Crippen MR) is 94.8 cm³/mol. The summed E-state index contributed by atoms with van der Waals surface area (Å²) < 4.78 is 0. The first-order valence-corrected chi connectivity index (χ1v) is 7.46. The number of aromatic nitrogens is 1. The Morgan fingerprint density at radius 2 is 1.86 bits per heavy atom. The van der Waals surface area contributed by atoms with Crippen molar-refractivity contribution in [2.75, 3.05) is 13.1 Å². The average molecular weight is 327 g/mol. The number of para-hydroxylation sites is 1. The molecule has 0 bridgehead atoms. The standard InChI is InChI=1S/C17H22N2.2ClH/c1-2-7-17-16(6-1)12-15(13-19-17)5-3-4-14-8-10-18-11-9-14;;/h1-2,6-7,12-14,18H,3-5,8-11H2;2*1H. The molecule has 1 saturated heterocycles. The number of aryl methyl sites for hydroxylation is 1. The molecule has 3 rings (SSSR count). The van der Waals surface area contributed by atoms with Crippen LogP contribution in [0.2, 0.25) is 0 Å². The van der Waals surface area contributed by atoms with Crippen LogP contribution < -0.4 is 5.32 Å². The van der Waals surface area contributed by atoms with Gasteiger partial charge in [0.2, 0.25) is 0 Å². The molecule has 4 heteroatoms. The summed E-state index contributed by atoms with van der Waals surface area (Å²) in [7, 11) is 0. The molecular weight excluding hydrogens is 303 g/mol. The molecule has 1 aliphatic rings. The Labute approximate surface area is 139 Å². The van der Waals surface area contributed by atoms with Crippen LogP contribution >= 0.6 is 24.8 Å². The maximum atomic E-state index is 4.54. The van der Waals surface area contributed by atoms with E-state index in [-0.39, 0.29) is 24.8 Å². The molecule has 0 saturated carbocycles. The van der Waals surface area contributed by atoms with Gasteiger partial charge in [0.15, 0.2) is 0 Å². The third-order valence-electron chi connectivity index (χ3n) is 4.18. The molecule has 1 N–H and O–H groups in total. The van der Waals surface area contributed by atoms with Crippen molar-refractivity contribution in [2.24, 2.45) is 5.92 Å². The summed E-state index contributed by atoms with van der Waals surface area (Å²) in [6, 6.07) is 10.7. The van der Waals surface area contributed by atoms with Gasteiger partial charge in [0, 0.05) is 11.6 Å². The number of nitrogens with zero attached hydrogens (tertiary/aromatic N) is 1. The molecule has 2 nitrogen and oxygen atoms in total. The Bertz CT molecular complexity index is 539. The molecule has 0 unspecified atom stereocenters.